The Morgan fingerprint density at radius 3 is 2.52 bits per heavy atom. The van der Waals surface area contributed by atoms with Crippen LogP contribution in [-0.2, 0) is 14.8 Å². The standard InChI is InChI=1S/C18H20BrClN2O4S/c1-11(13-5-4-6-15(9-13)22-27(3,24)25)21-18(23)12(2)26-17-8-7-14(20)10-16(17)19/h4-12,22H,1-3H3,(H,21,23). The van der Waals surface area contributed by atoms with Gasteiger partial charge in [-0.2, -0.15) is 0 Å². The summed E-state index contributed by atoms with van der Waals surface area (Å²) in [6, 6.07) is 11.5. The molecule has 2 aromatic rings. The van der Waals surface area contributed by atoms with E-state index in [1.807, 2.05) is 6.92 Å². The van der Waals surface area contributed by atoms with E-state index in [-0.39, 0.29) is 11.9 Å². The molecule has 9 heteroatoms. The number of anilines is 1. The number of ether oxygens (including phenoxy) is 1. The van der Waals surface area contributed by atoms with Crippen molar-refractivity contribution in [3.63, 3.8) is 0 Å². The number of nitrogens with one attached hydrogen (secondary N) is 2. The molecule has 0 radical (unpaired) electrons. The van der Waals surface area contributed by atoms with E-state index in [2.05, 4.69) is 26.0 Å². The maximum absolute atomic E-state index is 12.4. The summed E-state index contributed by atoms with van der Waals surface area (Å²) >= 11 is 9.24. The zero-order chi connectivity index (χ0) is 20.2. The van der Waals surface area contributed by atoms with Gasteiger partial charge in [-0.3, -0.25) is 9.52 Å². The summed E-state index contributed by atoms with van der Waals surface area (Å²) in [6.45, 7) is 3.45. The highest BCUT2D eigenvalue weighted by Gasteiger charge is 2.19. The van der Waals surface area contributed by atoms with Crippen LogP contribution in [-0.4, -0.2) is 26.7 Å². The molecule has 1 amide bonds. The van der Waals surface area contributed by atoms with Crippen molar-refractivity contribution in [2.75, 3.05) is 11.0 Å². The van der Waals surface area contributed by atoms with Gasteiger partial charge in [-0.15, -0.1) is 0 Å². The topological polar surface area (TPSA) is 84.5 Å². The molecule has 0 fully saturated rings. The Kier molecular flexibility index (Phi) is 7.13. The predicted octanol–water partition coefficient (Wildman–Crippen LogP) is 4.12. The lowest BCUT2D eigenvalue weighted by atomic mass is 10.1. The highest BCUT2D eigenvalue weighted by atomic mass is 79.9. The second-order valence-electron chi connectivity index (χ2n) is 6.06. The third-order valence-corrected chi connectivity index (χ3v) is 5.08. The number of hydrogen-bond donors (Lipinski definition) is 2. The molecule has 0 aliphatic heterocycles. The lowest BCUT2D eigenvalue weighted by Crippen LogP contribution is -2.37. The summed E-state index contributed by atoms with van der Waals surface area (Å²) in [4.78, 5) is 12.4. The van der Waals surface area contributed by atoms with Crippen molar-refractivity contribution >= 4 is 49.1 Å². The molecule has 0 bridgehead atoms. The second kappa shape index (κ2) is 8.95. The lowest BCUT2D eigenvalue weighted by Gasteiger charge is -2.20. The molecule has 0 heterocycles. The van der Waals surface area contributed by atoms with Crippen LogP contribution in [0.5, 0.6) is 5.75 Å². The quantitative estimate of drug-likeness (QED) is 0.631. The van der Waals surface area contributed by atoms with Crippen LogP contribution in [0.1, 0.15) is 25.5 Å². The van der Waals surface area contributed by atoms with Gasteiger partial charge in [0.05, 0.1) is 16.8 Å². The summed E-state index contributed by atoms with van der Waals surface area (Å²) < 4.78 is 31.5. The Hall–Kier alpha value is -1.77. The number of hydrogen-bond acceptors (Lipinski definition) is 4. The number of carbonyl (C=O) groups is 1. The van der Waals surface area contributed by atoms with Crippen molar-refractivity contribution in [1.82, 2.24) is 5.32 Å². The Balaban J connectivity index is 2.03. The van der Waals surface area contributed by atoms with E-state index >= 15 is 0 Å². The van der Waals surface area contributed by atoms with Crippen LogP contribution in [0.25, 0.3) is 0 Å². The summed E-state index contributed by atoms with van der Waals surface area (Å²) in [5.74, 6) is 0.208. The Labute approximate surface area is 172 Å². The van der Waals surface area contributed by atoms with Crippen molar-refractivity contribution in [1.29, 1.82) is 0 Å². The van der Waals surface area contributed by atoms with Crippen LogP contribution < -0.4 is 14.8 Å². The molecule has 0 aliphatic rings. The SMILES string of the molecule is CC(Oc1ccc(Cl)cc1Br)C(=O)NC(C)c1cccc(NS(C)(=O)=O)c1. The van der Waals surface area contributed by atoms with Crippen LogP contribution >= 0.6 is 27.5 Å². The monoisotopic (exact) mass is 474 g/mol. The highest BCUT2D eigenvalue weighted by Crippen LogP contribution is 2.29. The second-order valence-corrected chi connectivity index (χ2v) is 9.10. The van der Waals surface area contributed by atoms with E-state index in [4.69, 9.17) is 16.3 Å². The van der Waals surface area contributed by atoms with E-state index < -0.39 is 16.1 Å². The molecule has 6 nitrogen and oxygen atoms in total. The van der Waals surface area contributed by atoms with E-state index in [1.54, 1.807) is 49.4 Å². The third kappa shape index (κ3) is 6.71. The molecule has 2 N–H and O–H groups in total. The van der Waals surface area contributed by atoms with Crippen molar-refractivity contribution < 1.29 is 17.9 Å². The van der Waals surface area contributed by atoms with Crippen LogP contribution in [0.15, 0.2) is 46.9 Å². The van der Waals surface area contributed by atoms with E-state index in [1.165, 1.54) is 0 Å². The normalized spacial score (nSPS) is 13.5. The van der Waals surface area contributed by atoms with Crippen molar-refractivity contribution in [3.8, 4) is 5.75 Å². The van der Waals surface area contributed by atoms with Gasteiger partial charge in [0.1, 0.15) is 5.75 Å². The van der Waals surface area contributed by atoms with Crippen LogP contribution in [0.2, 0.25) is 5.02 Å². The van der Waals surface area contributed by atoms with Gasteiger partial charge in [-0.25, -0.2) is 8.42 Å². The molecule has 27 heavy (non-hydrogen) atoms. The molecule has 2 rings (SSSR count). The number of benzene rings is 2. The van der Waals surface area contributed by atoms with Gasteiger partial charge in [0.15, 0.2) is 6.10 Å². The number of halogens is 2. The Morgan fingerprint density at radius 2 is 1.89 bits per heavy atom. The minimum absolute atomic E-state index is 0.300. The fourth-order valence-corrected chi connectivity index (χ4v) is 3.65. The number of rotatable bonds is 7. The molecule has 0 saturated heterocycles. The first-order valence-corrected chi connectivity index (χ1v) is 11.1. The zero-order valence-corrected chi connectivity index (χ0v) is 18.2. The Morgan fingerprint density at radius 1 is 1.19 bits per heavy atom. The van der Waals surface area contributed by atoms with Gasteiger partial charge < -0.3 is 10.1 Å². The molecule has 2 aromatic carbocycles. The predicted molar refractivity (Wildman–Crippen MR) is 111 cm³/mol. The molecular weight excluding hydrogens is 456 g/mol. The summed E-state index contributed by atoms with van der Waals surface area (Å²) in [6.07, 6.45) is 0.348. The van der Waals surface area contributed by atoms with Crippen LogP contribution in [0.3, 0.4) is 0 Å². The van der Waals surface area contributed by atoms with Crippen LogP contribution in [0, 0.1) is 0 Å². The fraction of sp³-hybridized carbons (Fsp3) is 0.278. The maximum atomic E-state index is 12.4. The molecule has 0 aliphatic carbocycles. The molecule has 146 valence electrons. The smallest absolute Gasteiger partial charge is 0.261 e. The Bertz CT molecular complexity index is 937. The van der Waals surface area contributed by atoms with Crippen molar-refractivity contribution in [3.05, 3.63) is 57.5 Å². The molecule has 0 spiro atoms. The molecule has 2 unspecified atom stereocenters. The zero-order valence-electron chi connectivity index (χ0n) is 15.0. The molecule has 2 atom stereocenters. The van der Waals surface area contributed by atoms with Gasteiger partial charge in [-0.05, 0) is 65.7 Å². The van der Waals surface area contributed by atoms with Gasteiger partial charge in [-0.1, -0.05) is 23.7 Å². The minimum atomic E-state index is -3.37. The fourth-order valence-electron chi connectivity index (χ4n) is 2.31. The van der Waals surface area contributed by atoms with Crippen molar-refractivity contribution in [2.45, 2.75) is 26.0 Å². The molecule has 0 aromatic heterocycles. The van der Waals surface area contributed by atoms with E-state index in [0.29, 0.717) is 20.9 Å². The summed E-state index contributed by atoms with van der Waals surface area (Å²) in [5.41, 5.74) is 1.20. The van der Waals surface area contributed by atoms with Gasteiger partial charge >= 0.3 is 0 Å². The van der Waals surface area contributed by atoms with E-state index in [0.717, 1.165) is 11.8 Å². The largest absolute Gasteiger partial charge is 0.480 e. The van der Waals surface area contributed by atoms with Crippen molar-refractivity contribution in [2.24, 2.45) is 0 Å². The van der Waals surface area contributed by atoms with Gasteiger partial charge in [0.2, 0.25) is 10.0 Å². The average molecular weight is 476 g/mol. The number of amides is 1. The van der Waals surface area contributed by atoms with Crippen LogP contribution in [0.4, 0.5) is 5.69 Å². The first-order valence-electron chi connectivity index (χ1n) is 8.05. The first kappa shape index (κ1) is 21.5. The number of sulfonamides is 1. The first-order chi connectivity index (χ1) is 12.5. The minimum Gasteiger partial charge on any atom is -0.480 e. The maximum Gasteiger partial charge on any atom is 0.261 e. The summed E-state index contributed by atoms with van der Waals surface area (Å²) in [7, 11) is -3.37. The van der Waals surface area contributed by atoms with Gasteiger partial charge in [0, 0.05) is 10.7 Å². The molecular formula is C18H20BrClN2O4S. The molecule has 0 saturated carbocycles. The summed E-state index contributed by atoms with van der Waals surface area (Å²) in [5, 5.41) is 3.41. The third-order valence-electron chi connectivity index (χ3n) is 3.62. The lowest BCUT2D eigenvalue weighted by molar-refractivity contribution is -0.127. The van der Waals surface area contributed by atoms with Gasteiger partial charge in [0.25, 0.3) is 5.91 Å². The highest BCUT2D eigenvalue weighted by molar-refractivity contribution is 9.10. The van der Waals surface area contributed by atoms with E-state index in [9.17, 15) is 13.2 Å². The number of carbonyl (C=O) groups excluding carboxylic acids is 1. The average Bonchev–Trinajstić information content (AvgIpc) is 2.55.